The highest BCUT2D eigenvalue weighted by atomic mass is 16.2. The summed E-state index contributed by atoms with van der Waals surface area (Å²) in [6.07, 6.45) is 1.55. The summed E-state index contributed by atoms with van der Waals surface area (Å²) in [4.78, 5) is 23.3. The predicted molar refractivity (Wildman–Crippen MR) is 113 cm³/mol. The van der Waals surface area contributed by atoms with Crippen LogP contribution in [0.3, 0.4) is 0 Å². The third-order valence-corrected chi connectivity index (χ3v) is 5.29. The monoisotopic (exact) mass is 390 g/mol. The van der Waals surface area contributed by atoms with Crippen LogP contribution in [0.25, 0.3) is 5.82 Å². The van der Waals surface area contributed by atoms with Crippen molar-refractivity contribution in [1.29, 1.82) is 0 Å². The van der Waals surface area contributed by atoms with Crippen molar-refractivity contribution >= 4 is 17.4 Å². The number of nitrogens with zero attached hydrogens (tertiary/aromatic N) is 5. The van der Waals surface area contributed by atoms with Crippen molar-refractivity contribution in [1.82, 2.24) is 19.7 Å². The first-order chi connectivity index (χ1) is 13.9. The summed E-state index contributed by atoms with van der Waals surface area (Å²) in [6, 6.07) is 12.0. The normalized spacial score (nSPS) is 14.2. The molecule has 0 atom stereocenters. The number of nitrogens with one attached hydrogen (secondary N) is 1. The van der Waals surface area contributed by atoms with E-state index in [0.29, 0.717) is 19.0 Å². The molecule has 2 aromatic heterocycles. The van der Waals surface area contributed by atoms with Gasteiger partial charge in [-0.2, -0.15) is 5.10 Å². The fraction of sp³-hybridized carbons (Fsp3) is 0.364. The smallest absolute Gasteiger partial charge is 0.231 e. The van der Waals surface area contributed by atoms with Crippen LogP contribution in [0.1, 0.15) is 36.7 Å². The molecule has 0 radical (unpaired) electrons. The number of rotatable bonds is 5. The third-order valence-electron chi connectivity index (χ3n) is 5.29. The van der Waals surface area contributed by atoms with Crippen LogP contribution in [0.2, 0.25) is 0 Å². The predicted octanol–water partition coefficient (Wildman–Crippen LogP) is 3.48. The molecule has 1 N–H and O–H groups in total. The molecule has 1 aliphatic rings. The molecule has 7 nitrogen and oxygen atoms in total. The van der Waals surface area contributed by atoms with Gasteiger partial charge in [0.1, 0.15) is 12.1 Å². The molecule has 0 bridgehead atoms. The fourth-order valence-electron chi connectivity index (χ4n) is 3.51. The Hall–Kier alpha value is -3.22. The highest BCUT2D eigenvalue weighted by Gasteiger charge is 2.33. The first-order valence-electron chi connectivity index (χ1n) is 9.92. The second-order valence-corrected chi connectivity index (χ2v) is 7.94. The Balaban J connectivity index is 1.38. The largest absolute Gasteiger partial charge is 0.355 e. The Bertz CT molecular complexity index is 1020. The van der Waals surface area contributed by atoms with Crippen molar-refractivity contribution in [2.45, 2.75) is 33.6 Å². The first kappa shape index (κ1) is 19.1. The van der Waals surface area contributed by atoms with Crippen LogP contribution in [0.5, 0.6) is 0 Å². The molecule has 1 saturated heterocycles. The van der Waals surface area contributed by atoms with Crippen LogP contribution >= 0.6 is 0 Å². The number of amides is 1. The topological polar surface area (TPSA) is 75.9 Å². The number of hydrogen-bond donors (Lipinski definition) is 1. The van der Waals surface area contributed by atoms with Gasteiger partial charge in [0.15, 0.2) is 5.82 Å². The molecule has 1 fully saturated rings. The van der Waals surface area contributed by atoms with Crippen LogP contribution in [0.4, 0.5) is 11.5 Å². The third kappa shape index (κ3) is 3.99. The SMILES string of the molecule is Cc1cc(C)n(-c2cc(N3CC(C(=O)Nc4ccc(C(C)C)cc4)C3)ncn2)n1. The Labute approximate surface area is 170 Å². The lowest BCUT2D eigenvalue weighted by atomic mass is 9.98. The summed E-state index contributed by atoms with van der Waals surface area (Å²) in [5.41, 5.74) is 4.08. The fourth-order valence-corrected chi connectivity index (χ4v) is 3.51. The van der Waals surface area contributed by atoms with Gasteiger partial charge in [0.2, 0.25) is 5.91 Å². The van der Waals surface area contributed by atoms with E-state index in [2.05, 4.69) is 51.3 Å². The standard InChI is InChI=1S/C22H26N6O/c1-14(2)17-5-7-19(8-6-17)25-22(29)18-11-27(12-18)20-10-21(24-13-23-20)28-16(4)9-15(3)26-28/h5-10,13-14,18H,11-12H2,1-4H3,(H,25,29). The molecule has 1 aromatic carbocycles. The summed E-state index contributed by atoms with van der Waals surface area (Å²) < 4.78 is 1.81. The van der Waals surface area contributed by atoms with Gasteiger partial charge in [-0.25, -0.2) is 14.6 Å². The van der Waals surface area contributed by atoms with Gasteiger partial charge in [0.05, 0.1) is 11.6 Å². The zero-order valence-corrected chi connectivity index (χ0v) is 17.3. The maximum Gasteiger partial charge on any atom is 0.231 e. The second-order valence-electron chi connectivity index (χ2n) is 7.94. The number of carbonyl (C=O) groups excluding carboxylic acids is 1. The summed E-state index contributed by atoms with van der Waals surface area (Å²) in [5.74, 6) is 2.03. The van der Waals surface area contributed by atoms with Crippen LogP contribution in [-0.4, -0.2) is 38.7 Å². The molecule has 1 aliphatic heterocycles. The molecular weight excluding hydrogens is 364 g/mol. The van der Waals surface area contributed by atoms with E-state index >= 15 is 0 Å². The molecule has 29 heavy (non-hydrogen) atoms. The zero-order valence-electron chi connectivity index (χ0n) is 17.3. The van der Waals surface area contributed by atoms with Crippen LogP contribution < -0.4 is 10.2 Å². The molecule has 0 unspecified atom stereocenters. The maximum atomic E-state index is 12.5. The Kier molecular flexibility index (Phi) is 5.05. The number of aromatic nitrogens is 4. The van der Waals surface area contributed by atoms with Crippen molar-refractivity contribution in [2.24, 2.45) is 5.92 Å². The van der Waals surface area contributed by atoms with Crippen molar-refractivity contribution < 1.29 is 4.79 Å². The minimum absolute atomic E-state index is 0.0476. The minimum atomic E-state index is -0.0492. The van der Waals surface area contributed by atoms with E-state index in [1.165, 1.54) is 5.56 Å². The van der Waals surface area contributed by atoms with E-state index in [4.69, 9.17) is 0 Å². The molecule has 0 spiro atoms. The lowest BCUT2D eigenvalue weighted by molar-refractivity contribution is -0.120. The molecule has 1 amide bonds. The average Bonchev–Trinajstić information content (AvgIpc) is 2.99. The van der Waals surface area contributed by atoms with E-state index < -0.39 is 0 Å². The van der Waals surface area contributed by atoms with Gasteiger partial charge in [-0.15, -0.1) is 0 Å². The number of hydrogen-bond acceptors (Lipinski definition) is 5. The summed E-state index contributed by atoms with van der Waals surface area (Å²) >= 11 is 0. The van der Waals surface area contributed by atoms with Gasteiger partial charge in [0.25, 0.3) is 0 Å². The number of benzene rings is 1. The maximum absolute atomic E-state index is 12.5. The van der Waals surface area contributed by atoms with E-state index in [9.17, 15) is 4.79 Å². The lowest BCUT2D eigenvalue weighted by Crippen LogP contribution is -2.52. The Morgan fingerprint density at radius 3 is 2.38 bits per heavy atom. The number of anilines is 2. The van der Waals surface area contributed by atoms with Crippen molar-refractivity contribution in [3.05, 3.63) is 59.7 Å². The van der Waals surface area contributed by atoms with E-state index in [0.717, 1.165) is 28.7 Å². The second kappa shape index (κ2) is 7.66. The summed E-state index contributed by atoms with van der Waals surface area (Å²) in [5, 5.41) is 7.49. The molecular formula is C22H26N6O. The molecule has 150 valence electrons. The summed E-state index contributed by atoms with van der Waals surface area (Å²) in [7, 11) is 0. The van der Waals surface area contributed by atoms with Crippen LogP contribution in [-0.2, 0) is 4.79 Å². The van der Waals surface area contributed by atoms with Crippen molar-refractivity contribution in [3.63, 3.8) is 0 Å². The van der Waals surface area contributed by atoms with Gasteiger partial charge >= 0.3 is 0 Å². The van der Waals surface area contributed by atoms with E-state index in [1.807, 2.05) is 42.8 Å². The first-order valence-corrected chi connectivity index (χ1v) is 9.92. The van der Waals surface area contributed by atoms with Gasteiger partial charge in [-0.3, -0.25) is 4.79 Å². The van der Waals surface area contributed by atoms with Crippen molar-refractivity contribution in [3.8, 4) is 5.82 Å². The molecule has 3 aromatic rings. The summed E-state index contributed by atoms with van der Waals surface area (Å²) in [6.45, 7) is 9.56. The van der Waals surface area contributed by atoms with Gasteiger partial charge in [-0.05, 0) is 43.5 Å². The highest BCUT2D eigenvalue weighted by molar-refractivity contribution is 5.94. The quantitative estimate of drug-likeness (QED) is 0.722. The number of aryl methyl sites for hydroxylation is 2. The Morgan fingerprint density at radius 1 is 1.07 bits per heavy atom. The van der Waals surface area contributed by atoms with Crippen LogP contribution in [0, 0.1) is 19.8 Å². The molecule has 7 heteroatoms. The molecule has 4 rings (SSSR count). The molecule has 0 aliphatic carbocycles. The Morgan fingerprint density at radius 2 is 1.76 bits per heavy atom. The number of carbonyl (C=O) groups is 1. The van der Waals surface area contributed by atoms with E-state index in [1.54, 1.807) is 6.33 Å². The van der Waals surface area contributed by atoms with Gasteiger partial charge in [0, 0.05) is 30.5 Å². The van der Waals surface area contributed by atoms with Gasteiger partial charge in [-0.1, -0.05) is 26.0 Å². The molecule has 0 saturated carbocycles. The average molecular weight is 390 g/mol. The zero-order chi connectivity index (χ0) is 20.5. The minimum Gasteiger partial charge on any atom is -0.355 e. The van der Waals surface area contributed by atoms with Crippen molar-refractivity contribution in [2.75, 3.05) is 23.3 Å². The van der Waals surface area contributed by atoms with Crippen LogP contribution in [0.15, 0.2) is 42.7 Å². The highest BCUT2D eigenvalue weighted by Crippen LogP contribution is 2.25. The molecule has 3 heterocycles. The van der Waals surface area contributed by atoms with E-state index in [-0.39, 0.29) is 11.8 Å². The lowest BCUT2D eigenvalue weighted by Gasteiger charge is -2.39. The van der Waals surface area contributed by atoms with Gasteiger partial charge < -0.3 is 10.2 Å².